The summed E-state index contributed by atoms with van der Waals surface area (Å²) in [6, 6.07) is 5.17. The molecule has 88 valence electrons. The number of benzene rings is 1. The molecule has 0 unspecified atom stereocenters. The van der Waals surface area contributed by atoms with Gasteiger partial charge in [-0.1, -0.05) is 0 Å². The number of hydrogen-bond acceptors (Lipinski definition) is 5. The van der Waals surface area contributed by atoms with E-state index < -0.39 is 0 Å². The van der Waals surface area contributed by atoms with E-state index >= 15 is 0 Å². The number of esters is 1. The van der Waals surface area contributed by atoms with Gasteiger partial charge in [0, 0.05) is 23.7 Å². The molecule has 0 heterocycles. The number of hydrogen-bond donors (Lipinski definition) is 2. The fourth-order valence-electron chi connectivity index (χ4n) is 1.28. The third kappa shape index (κ3) is 3.34. The second-order valence-corrected chi connectivity index (χ2v) is 4.20. The minimum absolute atomic E-state index is 0.376. The molecule has 0 radical (unpaired) electrons. The zero-order chi connectivity index (χ0) is 12.0. The lowest BCUT2D eigenvalue weighted by Gasteiger charge is -2.10. The summed E-state index contributed by atoms with van der Waals surface area (Å²) in [7, 11) is 1.36. The van der Waals surface area contributed by atoms with Gasteiger partial charge in [0.2, 0.25) is 0 Å². The number of nitrogens with two attached hydrogens (primary N) is 1. The Labute approximate surface area is 99.5 Å². The molecule has 0 fully saturated rings. The first-order valence-electron chi connectivity index (χ1n) is 4.89. The Hall–Kier alpha value is -1.36. The van der Waals surface area contributed by atoms with Crippen molar-refractivity contribution in [1.82, 2.24) is 0 Å². The molecule has 0 saturated heterocycles. The lowest BCUT2D eigenvalue weighted by atomic mass is 10.1. The summed E-state index contributed by atoms with van der Waals surface area (Å²) in [6.07, 6.45) is 2.03. The van der Waals surface area contributed by atoms with Crippen LogP contribution in [0, 0.1) is 0 Å². The molecule has 1 rings (SSSR count). The van der Waals surface area contributed by atoms with E-state index in [1.54, 1.807) is 30.0 Å². The molecule has 0 saturated carbocycles. The minimum Gasteiger partial charge on any atom is -0.465 e. The molecule has 5 heteroatoms. The number of methoxy groups -OCH3 is 1. The Morgan fingerprint density at radius 3 is 2.94 bits per heavy atom. The number of carbonyl (C=O) groups is 1. The standard InChI is InChI=1S/C11H16N2O2S/c1-15-11(14)9-7-8(12)3-4-10(9)13-5-6-16-2/h3-4,7,13H,5-6,12H2,1-2H3. The molecule has 1 aromatic rings. The summed E-state index contributed by atoms with van der Waals surface area (Å²) in [5.41, 5.74) is 7.42. The predicted octanol–water partition coefficient (Wildman–Crippen LogP) is 1.83. The van der Waals surface area contributed by atoms with Crippen molar-refractivity contribution in [3.8, 4) is 0 Å². The van der Waals surface area contributed by atoms with Gasteiger partial charge in [-0.15, -0.1) is 0 Å². The summed E-state index contributed by atoms with van der Waals surface area (Å²) in [5, 5.41) is 3.18. The predicted molar refractivity (Wildman–Crippen MR) is 69.1 cm³/mol. The lowest BCUT2D eigenvalue weighted by Crippen LogP contribution is -2.11. The average Bonchev–Trinajstić information content (AvgIpc) is 2.30. The van der Waals surface area contributed by atoms with Crippen molar-refractivity contribution in [2.45, 2.75) is 0 Å². The molecule has 4 nitrogen and oxygen atoms in total. The highest BCUT2D eigenvalue weighted by atomic mass is 32.2. The molecular formula is C11H16N2O2S. The van der Waals surface area contributed by atoms with Gasteiger partial charge in [0.05, 0.1) is 12.7 Å². The van der Waals surface area contributed by atoms with Crippen LogP contribution in [0.3, 0.4) is 0 Å². The van der Waals surface area contributed by atoms with Crippen LogP contribution in [-0.2, 0) is 4.74 Å². The van der Waals surface area contributed by atoms with Crippen LogP contribution in [0.4, 0.5) is 11.4 Å². The van der Waals surface area contributed by atoms with Crippen molar-refractivity contribution in [3.05, 3.63) is 23.8 Å². The van der Waals surface area contributed by atoms with Crippen LogP contribution in [0.2, 0.25) is 0 Å². The number of carbonyl (C=O) groups excluding carboxylic acids is 1. The maximum absolute atomic E-state index is 11.5. The lowest BCUT2D eigenvalue weighted by molar-refractivity contribution is 0.0602. The quantitative estimate of drug-likeness (QED) is 0.467. The largest absolute Gasteiger partial charge is 0.465 e. The van der Waals surface area contributed by atoms with Crippen molar-refractivity contribution in [2.24, 2.45) is 0 Å². The maximum Gasteiger partial charge on any atom is 0.340 e. The van der Waals surface area contributed by atoms with E-state index in [0.29, 0.717) is 11.3 Å². The first kappa shape index (κ1) is 12.7. The van der Waals surface area contributed by atoms with Crippen LogP contribution >= 0.6 is 11.8 Å². The third-order valence-electron chi connectivity index (χ3n) is 2.07. The summed E-state index contributed by atoms with van der Waals surface area (Å²) < 4.78 is 4.70. The van der Waals surface area contributed by atoms with Crippen molar-refractivity contribution in [1.29, 1.82) is 0 Å². The smallest absolute Gasteiger partial charge is 0.340 e. The molecular weight excluding hydrogens is 224 g/mol. The van der Waals surface area contributed by atoms with Crippen molar-refractivity contribution < 1.29 is 9.53 Å². The Morgan fingerprint density at radius 1 is 1.56 bits per heavy atom. The summed E-state index contributed by atoms with van der Waals surface area (Å²) in [6.45, 7) is 0.801. The second kappa shape index (κ2) is 6.27. The number of anilines is 2. The average molecular weight is 240 g/mol. The van der Waals surface area contributed by atoms with Crippen LogP contribution in [0.15, 0.2) is 18.2 Å². The van der Waals surface area contributed by atoms with Gasteiger partial charge in [0.1, 0.15) is 0 Å². The number of ether oxygens (including phenoxy) is 1. The van der Waals surface area contributed by atoms with Crippen LogP contribution in [0.5, 0.6) is 0 Å². The monoisotopic (exact) mass is 240 g/mol. The zero-order valence-corrected chi connectivity index (χ0v) is 10.3. The molecule has 0 aliphatic rings. The van der Waals surface area contributed by atoms with Crippen LogP contribution in [0.1, 0.15) is 10.4 Å². The van der Waals surface area contributed by atoms with Crippen LogP contribution in [-0.4, -0.2) is 31.6 Å². The van der Waals surface area contributed by atoms with E-state index in [1.165, 1.54) is 7.11 Å². The van der Waals surface area contributed by atoms with E-state index in [1.807, 2.05) is 6.26 Å². The number of nitrogen functional groups attached to an aromatic ring is 1. The molecule has 0 aliphatic heterocycles. The number of thioether (sulfide) groups is 1. The highest BCUT2D eigenvalue weighted by molar-refractivity contribution is 7.98. The Bertz CT molecular complexity index is 369. The number of nitrogens with one attached hydrogen (secondary N) is 1. The highest BCUT2D eigenvalue weighted by Crippen LogP contribution is 2.19. The molecule has 0 atom stereocenters. The van der Waals surface area contributed by atoms with Crippen LogP contribution in [0.25, 0.3) is 0 Å². The molecule has 16 heavy (non-hydrogen) atoms. The van der Waals surface area contributed by atoms with Gasteiger partial charge in [-0.2, -0.15) is 11.8 Å². The first-order chi connectivity index (χ1) is 7.69. The van der Waals surface area contributed by atoms with Crippen LogP contribution < -0.4 is 11.1 Å². The molecule has 0 bridgehead atoms. The van der Waals surface area contributed by atoms with Crippen molar-refractivity contribution >= 4 is 29.1 Å². The van der Waals surface area contributed by atoms with Gasteiger partial charge >= 0.3 is 5.97 Å². The van der Waals surface area contributed by atoms with Gasteiger partial charge in [-0.25, -0.2) is 4.79 Å². The number of rotatable bonds is 5. The van der Waals surface area contributed by atoms with Crippen molar-refractivity contribution in [3.63, 3.8) is 0 Å². The normalized spacial score (nSPS) is 9.88. The first-order valence-corrected chi connectivity index (χ1v) is 6.29. The Kier molecular flexibility index (Phi) is 4.98. The SMILES string of the molecule is COC(=O)c1cc(N)ccc1NCCSC. The van der Waals surface area contributed by atoms with Gasteiger partial charge in [-0.05, 0) is 24.5 Å². The third-order valence-corrected chi connectivity index (χ3v) is 2.68. The Balaban J connectivity index is 2.85. The van der Waals surface area contributed by atoms with E-state index in [2.05, 4.69) is 5.32 Å². The molecule has 0 spiro atoms. The summed E-state index contributed by atoms with van der Waals surface area (Å²) in [5.74, 6) is 0.601. The second-order valence-electron chi connectivity index (χ2n) is 3.22. The van der Waals surface area contributed by atoms with Gasteiger partial charge < -0.3 is 15.8 Å². The fraction of sp³-hybridized carbons (Fsp3) is 0.364. The van der Waals surface area contributed by atoms with E-state index in [-0.39, 0.29) is 5.97 Å². The van der Waals surface area contributed by atoms with Crippen molar-refractivity contribution in [2.75, 3.05) is 36.7 Å². The van der Waals surface area contributed by atoms with E-state index in [9.17, 15) is 4.79 Å². The highest BCUT2D eigenvalue weighted by Gasteiger charge is 2.11. The minimum atomic E-state index is -0.376. The Morgan fingerprint density at radius 2 is 2.31 bits per heavy atom. The molecule has 1 aromatic carbocycles. The van der Waals surface area contributed by atoms with Gasteiger partial charge in [0.15, 0.2) is 0 Å². The van der Waals surface area contributed by atoms with Gasteiger partial charge in [0.25, 0.3) is 0 Å². The summed E-state index contributed by atoms with van der Waals surface area (Å²) >= 11 is 1.74. The molecule has 0 aromatic heterocycles. The van der Waals surface area contributed by atoms with E-state index in [0.717, 1.165) is 18.0 Å². The van der Waals surface area contributed by atoms with E-state index in [4.69, 9.17) is 10.5 Å². The maximum atomic E-state index is 11.5. The van der Waals surface area contributed by atoms with Gasteiger partial charge in [-0.3, -0.25) is 0 Å². The summed E-state index contributed by atoms with van der Waals surface area (Å²) in [4.78, 5) is 11.5. The molecule has 0 aliphatic carbocycles. The topological polar surface area (TPSA) is 64.3 Å². The fourth-order valence-corrected chi connectivity index (χ4v) is 1.59. The molecule has 3 N–H and O–H groups in total. The molecule has 0 amide bonds. The zero-order valence-electron chi connectivity index (χ0n) is 9.45.